The van der Waals surface area contributed by atoms with E-state index in [4.69, 9.17) is 25.8 Å². The summed E-state index contributed by atoms with van der Waals surface area (Å²) in [7, 11) is 0.0525. The number of aryl methyl sites for hydroxylation is 1. The third-order valence-electron chi connectivity index (χ3n) is 5.25. The molecule has 4 unspecified atom stereocenters. The van der Waals surface area contributed by atoms with Gasteiger partial charge in [0, 0.05) is 26.3 Å². The monoisotopic (exact) mass is 472 g/mol. The van der Waals surface area contributed by atoms with Crippen molar-refractivity contribution >= 4 is 38.9 Å². The SMILES string of the molecule is COCCS(=O)(=O)CC1COC2C(Nc3nc(Nc4cnn(C)c4)ncc3Cl)COC12. The topological polar surface area (TPSA) is 129 Å². The number of fused-ring (bicyclic) bond motifs is 1. The fourth-order valence-corrected chi connectivity index (χ4v) is 5.46. The lowest BCUT2D eigenvalue weighted by Crippen LogP contribution is -2.36. The third-order valence-corrected chi connectivity index (χ3v) is 7.25. The molecule has 170 valence electrons. The van der Waals surface area contributed by atoms with Gasteiger partial charge in [-0.3, -0.25) is 4.68 Å². The van der Waals surface area contributed by atoms with Crippen LogP contribution in [0.15, 0.2) is 18.6 Å². The van der Waals surface area contributed by atoms with Crippen molar-refractivity contribution in [3.05, 3.63) is 23.6 Å². The van der Waals surface area contributed by atoms with Crippen LogP contribution in [-0.4, -0.2) is 84.9 Å². The number of methoxy groups -OCH3 is 1. The molecular weight excluding hydrogens is 448 g/mol. The molecule has 4 atom stereocenters. The first-order valence-corrected chi connectivity index (χ1v) is 12.0. The van der Waals surface area contributed by atoms with Crippen LogP contribution in [0.1, 0.15) is 0 Å². The van der Waals surface area contributed by atoms with E-state index in [9.17, 15) is 8.42 Å². The molecule has 2 aliphatic heterocycles. The van der Waals surface area contributed by atoms with Gasteiger partial charge >= 0.3 is 0 Å². The van der Waals surface area contributed by atoms with Gasteiger partial charge in [0.15, 0.2) is 15.7 Å². The smallest absolute Gasteiger partial charge is 0.229 e. The summed E-state index contributed by atoms with van der Waals surface area (Å²) in [6.07, 6.45) is 4.37. The molecule has 4 rings (SSSR count). The number of nitrogens with one attached hydrogen (secondary N) is 2. The molecule has 31 heavy (non-hydrogen) atoms. The molecule has 2 saturated heterocycles. The molecule has 0 saturated carbocycles. The van der Waals surface area contributed by atoms with Gasteiger partial charge in [0.1, 0.15) is 11.1 Å². The van der Waals surface area contributed by atoms with Crippen molar-refractivity contribution in [3.8, 4) is 0 Å². The van der Waals surface area contributed by atoms with E-state index in [-0.39, 0.29) is 42.3 Å². The molecule has 0 aliphatic carbocycles. The van der Waals surface area contributed by atoms with Gasteiger partial charge in [-0.05, 0) is 0 Å². The molecule has 4 heterocycles. The Morgan fingerprint density at radius 2 is 2.10 bits per heavy atom. The molecule has 0 amide bonds. The number of halogens is 1. The summed E-state index contributed by atoms with van der Waals surface area (Å²) >= 11 is 6.28. The molecule has 2 aromatic heterocycles. The highest BCUT2D eigenvalue weighted by molar-refractivity contribution is 7.91. The summed E-state index contributed by atoms with van der Waals surface area (Å²) in [6, 6.07) is -0.213. The van der Waals surface area contributed by atoms with Crippen LogP contribution in [-0.2, 0) is 31.1 Å². The van der Waals surface area contributed by atoms with Crippen LogP contribution >= 0.6 is 11.6 Å². The van der Waals surface area contributed by atoms with Gasteiger partial charge < -0.3 is 24.8 Å². The Morgan fingerprint density at radius 1 is 1.29 bits per heavy atom. The summed E-state index contributed by atoms with van der Waals surface area (Å²) in [6.45, 7) is 0.858. The first kappa shape index (κ1) is 22.2. The fourth-order valence-electron chi connectivity index (χ4n) is 3.78. The zero-order valence-corrected chi connectivity index (χ0v) is 18.8. The molecule has 0 radical (unpaired) electrons. The quantitative estimate of drug-likeness (QED) is 0.542. The average molecular weight is 473 g/mol. The number of hydrogen-bond donors (Lipinski definition) is 2. The van der Waals surface area contributed by atoms with Crippen molar-refractivity contribution < 1.29 is 22.6 Å². The van der Waals surface area contributed by atoms with Crippen LogP contribution in [0.5, 0.6) is 0 Å². The van der Waals surface area contributed by atoms with Gasteiger partial charge in [0.05, 0.1) is 61.6 Å². The van der Waals surface area contributed by atoms with Gasteiger partial charge in [-0.25, -0.2) is 13.4 Å². The predicted octanol–water partition coefficient (Wildman–Crippen LogP) is 0.863. The van der Waals surface area contributed by atoms with Crippen molar-refractivity contribution in [1.82, 2.24) is 19.7 Å². The first-order chi connectivity index (χ1) is 14.8. The van der Waals surface area contributed by atoms with Gasteiger partial charge in [-0.1, -0.05) is 11.6 Å². The Morgan fingerprint density at radius 3 is 2.84 bits per heavy atom. The van der Waals surface area contributed by atoms with E-state index in [1.807, 2.05) is 7.05 Å². The minimum Gasteiger partial charge on any atom is -0.384 e. The second-order valence-corrected chi connectivity index (χ2v) is 10.3. The summed E-state index contributed by atoms with van der Waals surface area (Å²) < 4.78 is 42.9. The van der Waals surface area contributed by atoms with Gasteiger partial charge in [0.25, 0.3) is 0 Å². The van der Waals surface area contributed by atoms with Crippen LogP contribution in [0, 0.1) is 5.92 Å². The lowest BCUT2D eigenvalue weighted by Gasteiger charge is -2.19. The van der Waals surface area contributed by atoms with Crippen LogP contribution < -0.4 is 10.6 Å². The highest BCUT2D eigenvalue weighted by Crippen LogP contribution is 2.34. The Balaban J connectivity index is 1.40. The van der Waals surface area contributed by atoms with Crippen molar-refractivity contribution in [1.29, 1.82) is 0 Å². The van der Waals surface area contributed by atoms with Crippen LogP contribution in [0.4, 0.5) is 17.5 Å². The minimum atomic E-state index is -3.24. The van der Waals surface area contributed by atoms with E-state index in [2.05, 4.69) is 25.7 Å². The Labute approximate surface area is 185 Å². The number of hydrogen-bond acceptors (Lipinski definition) is 10. The van der Waals surface area contributed by atoms with E-state index in [1.54, 1.807) is 17.1 Å². The van der Waals surface area contributed by atoms with Crippen LogP contribution in [0.2, 0.25) is 5.02 Å². The molecule has 0 bridgehead atoms. The Bertz CT molecular complexity index is 1020. The van der Waals surface area contributed by atoms with E-state index < -0.39 is 9.84 Å². The molecule has 13 heteroatoms. The normalized spacial score (nSPS) is 25.5. The Kier molecular flexibility index (Phi) is 6.63. The van der Waals surface area contributed by atoms with Crippen LogP contribution in [0.25, 0.3) is 0 Å². The maximum Gasteiger partial charge on any atom is 0.229 e. The van der Waals surface area contributed by atoms with Gasteiger partial charge in [-0.15, -0.1) is 0 Å². The van der Waals surface area contributed by atoms with Crippen molar-refractivity contribution in [2.45, 2.75) is 18.2 Å². The summed E-state index contributed by atoms with van der Waals surface area (Å²) in [5.41, 5.74) is 0.747. The molecule has 2 aromatic rings. The zero-order chi connectivity index (χ0) is 22.0. The van der Waals surface area contributed by atoms with Gasteiger partial charge in [0.2, 0.25) is 5.95 Å². The molecule has 2 N–H and O–H groups in total. The molecule has 0 aromatic carbocycles. The predicted molar refractivity (Wildman–Crippen MR) is 114 cm³/mol. The zero-order valence-electron chi connectivity index (χ0n) is 17.2. The molecular formula is C18H25ClN6O5S. The number of sulfone groups is 1. The standard InChI is InChI=1S/C18H25ClN6O5S/c1-25-7-12(5-21-25)22-18-20-6-13(19)17(24-18)23-14-9-30-15-11(8-29-16(14)15)10-31(26,27)4-3-28-2/h5-7,11,14-16H,3-4,8-10H2,1-2H3,(H2,20,22,23,24). The fraction of sp³-hybridized carbons (Fsp3) is 0.611. The van der Waals surface area contributed by atoms with Crippen molar-refractivity contribution in [3.63, 3.8) is 0 Å². The maximum absolute atomic E-state index is 12.3. The highest BCUT2D eigenvalue weighted by atomic mass is 35.5. The second-order valence-electron chi connectivity index (χ2n) is 7.63. The number of aromatic nitrogens is 4. The lowest BCUT2D eigenvalue weighted by molar-refractivity contribution is 0.0656. The van der Waals surface area contributed by atoms with E-state index in [0.717, 1.165) is 5.69 Å². The molecule has 0 spiro atoms. The summed E-state index contributed by atoms with van der Waals surface area (Å²) in [5, 5.41) is 10.8. The maximum atomic E-state index is 12.3. The van der Waals surface area contributed by atoms with Crippen molar-refractivity contribution in [2.24, 2.45) is 13.0 Å². The second kappa shape index (κ2) is 9.25. The highest BCUT2D eigenvalue weighted by Gasteiger charge is 2.48. The summed E-state index contributed by atoms with van der Waals surface area (Å²) in [5.74, 6) is 0.587. The molecule has 11 nitrogen and oxygen atoms in total. The molecule has 2 aliphatic rings. The number of ether oxygens (including phenoxy) is 3. The number of nitrogens with zero attached hydrogens (tertiary/aromatic N) is 4. The third kappa shape index (κ3) is 5.26. The number of anilines is 3. The minimum absolute atomic E-state index is 0.0116. The lowest BCUT2D eigenvalue weighted by atomic mass is 10.0. The van der Waals surface area contributed by atoms with Crippen molar-refractivity contribution in [2.75, 3.05) is 49.1 Å². The summed E-state index contributed by atoms with van der Waals surface area (Å²) in [4.78, 5) is 8.63. The largest absolute Gasteiger partial charge is 0.384 e. The first-order valence-electron chi connectivity index (χ1n) is 9.82. The Hall–Kier alpha value is -1.99. The van der Waals surface area contributed by atoms with E-state index >= 15 is 0 Å². The molecule has 2 fully saturated rings. The van der Waals surface area contributed by atoms with E-state index in [1.165, 1.54) is 13.3 Å². The average Bonchev–Trinajstić information content (AvgIpc) is 3.42. The van der Waals surface area contributed by atoms with Crippen LogP contribution in [0.3, 0.4) is 0 Å². The number of rotatable bonds is 9. The van der Waals surface area contributed by atoms with Gasteiger partial charge in [-0.2, -0.15) is 10.1 Å². The van der Waals surface area contributed by atoms with E-state index in [0.29, 0.717) is 30.0 Å².